The largest absolute Gasteiger partial charge is 1.00 e. The molecule has 4 nitrogen and oxygen atoms in total. The number of hydrogen-bond acceptors (Lipinski definition) is 3. The van der Waals surface area contributed by atoms with Crippen molar-refractivity contribution in [1.82, 2.24) is 5.32 Å². The summed E-state index contributed by atoms with van der Waals surface area (Å²) in [5, 5.41) is 12.0. The number of carboxylic acids is 1. The minimum atomic E-state index is -1.27. The van der Waals surface area contributed by atoms with Crippen molar-refractivity contribution in [2.75, 3.05) is 6.54 Å². The summed E-state index contributed by atoms with van der Waals surface area (Å²) in [7, 11) is 0. The summed E-state index contributed by atoms with van der Waals surface area (Å²) in [4.78, 5) is 20.4. The standard InChI is InChI=1S/C6H11NO3.Na/c1-4(2)6(10)7-3-5(8)9;/h4H,3H2,1-2H3,(H,7,10)(H,8,9);/q;+1/p-1. The van der Waals surface area contributed by atoms with E-state index in [-0.39, 0.29) is 41.4 Å². The first-order valence-electron chi connectivity index (χ1n) is 3.01. The molecule has 0 saturated carbocycles. The number of aliphatic carboxylic acids is 1. The first-order valence-corrected chi connectivity index (χ1v) is 3.01. The van der Waals surface area contributed by atoms with E-state index in [9.17, 15) is 14.7 Å². The summed E-state index contributed by atoms with van der Waals surface area (Å²) in [6.07, 6.45) is 0. The molecule has 0 aliphatic rings. The Morgan fingerprint density at radius 3 is 2.18 bits per heavy atom. The zero-order valence-corrected chi connectivity index (χ0v) is 9.01. The Balaban J connectivity index is 0. The molecule has 0 unspecified atom stereocenters. The molecule has 0 spiro atoms. The maximum absolute atomic E-state index is 10.6. The molecule has 11 heavy (non-hydrogen) atoms. The zero-order valence-electron chi connectivity index (χ0n) is 7.01. The predicted molar refractivity (Wildman–Crippen MR) is 32.9 cm³/mol. The van der Waals surface area contributed by atoms with E-state index in [2.05, 4.69) is 5.32 Å². The molecule has 58 valence electrons. The van der Waals surface area contributed by atoms with Crippen molar-refractivity contribution in [3.05, 3.63) is 0 Å². The molecule has 0 radical (unpaired) electrons. The summed E-state index contributed by atoms with van der Waals surface area (Å²) in [6, 6.07) is 0. The second-order valence-corrected chi connectivity index (χ2v) is 2.24. The van der Waals surface area contributed by atoms with E-state index in [4.69, 9.17) is 0 Å². The average molecular weight is 167 g/mol. The number of nitrogens with one attached hydrogen (secondary N) is 1. The Morgan fingerprint density at radius 1 is 1.45 bits per heavy atom. The van der Waals surface area contributed by atoms with Crippen LogP contribution in [-0.2, 0) is 9.59 Å². The minimum Gasteiger partial charge on any atom is -0.548 e. The van der Waals surface area contributed by atoms with E-state index < -0.39 is 12.5 Å². The Hall–Kier alpha value is -0.0600. The van der Waals surface area contributed by atoms with Gasteiger partial charge in [-0.25, -0.2) is 0 Å². The van der Waals surface area contributed by atoms with Crippen LogP contribution in [0.5, 0.6) is 0 Å². The Bertz CT molecular complexity index is 147. The molecule has 0 aliphatic carbocycles. The molecule has 0 aromatic heterocycles. The average Bonchev–Trinajstić information content (AvgIpc) is 1.82. The van der Waals surface area contributed by atoms with Crippen molar-refractivity contribution in [3.63, 3.8) is 0 Å². The number of carbonyl (C=O) groups is 2. The fourth-order valence-electron chi connectivity index (χ4n) is 0.363. The van der Waals surface area contributed by atoms with E-state index in [1.54, 1.807) is 13.8 Å². The van der Waals surface area contributed by atoms with Gasteiger partial charge in [0.25, 0.3) is 0 Å². The van der Waals surface area contributed by atoms with Gasteiger partial charge in [-0.3, -0.25) is 4.79 Å². The molecule has 0 rings (SSSR count). The van der Waals surface area contributed by atoms with Gasteiger partial charge in [-0.2, -0.15) is 0 Å². The van der Waals surface area contributed by atoms with Crippen LogP contribution in [0, 0.1) is 5.92 Å². The number of hydrogen-bond donors (Lipinski definition) is 1. The van der Waals surface area contributed by atoms with Gasteiger partial charge in [-0.1, -0.05) is 13.8 Å². The number of amides is 1. The van der Waals surface area contributed by atoms with Crippen LogP contribution in [0.2, 0.25) is 0 Å². The second-order valence-electron chi connectivity index (χ2n) is 2.24. The van der Waals surface area contributed by atoms with Gasteiger partial charge in [0.05, 0.1) is 12.5 Å². The summed E-state index contributed by atoms with van der Waals surface area (Å²) >= 11 is 0. The van der Waals surface area contributed by atoms with Crippen LogP contribution in [0.4, 0.5) is 0 Å². The van der Waals surface area contributed by atoms with Crippen molar-refractivity contribution in [2.24, 2.45) is 5.92 Å². The van der Waals surface area contributed by atoms with E-state index in [1.807, 2.05) is 0 Å². The first-order chi connectivity index (χ1) is 4.54. The molecule has 0 aliphatic heterocycles. The molecule has 0 heterocycles. The van der Waals surface area contributed by atoms with Crippen molar-refractivity contribution >= 4 is 11.9 Å². The SMILES string of the molecule is CC(C)C(=O)NCC(=O)[O-].[Na+]. The van der Waals surface area contributed by atoms with Gasteiger partial charge in [-0.15, -0.1) is 0 Å². The Kier molecular flexibility index (Phi) is 8.16. The third kappa shape index (κ3) is 7.84. The van der Waals surface area contributed by atoms with Gasteiger partial charge in [0.2, 0.25) is 5.91 Å². The second kappa shape index (κ2) is 6.64. The van der Waals surface area contributed by atoms with Crippen molar-refractivity contribution in [3.8, 4) is 0 Å². The summed E-state index contributed by atoms with van der Waals surface area (Å²) in [5.74, 6) is -1.72. The van der Waals surface area contributed by atoms with Crippen LogP contribution in [0.1, 0.15) is 13.8 Å². The van der Waals surface area contributed by atoms with E-state index in [1.165, 1.54) is 0 Å². The van der Waals surface area contributed by atoms with Crippen molar-refractivity contribution in [1.29, 1.82) is 0 Å². The number of rotatable bonds is 3. The quantitative estimate of drug-likeness (QED) is 0.431. The van der Waals surface area contributed by atoms with Crippen LogP contribution in [0.25, 0.3) is 0 Å². The van der Waals surface area contributed by atoms with Crippen LogP contribution in [0.3, 0.4) is 0 Å². The third-order valence-electron chi connectivity index (χ3n) is 0.931. The summed E-state index contributed by atoms with van der Waals surface area (Å²) < 4.78 is 0. The predicted octanol–water partition coefficient (Wildman–Crippen LogP) is -4.49. The van der Waals surface area contributed by atoms with E-state index >= 15 is 0 Å². The normalized spacial score (nSPS) is 8.64. The fourth-order valence-corrected chi connectivity index (χ4v) is 0.363. The first kappa shape index (κ1) is 13.5. The molecule has 5 heteroatoms. The van der Waals surface area contributed by atoms with E-state index in [0.717, 1.165) is 0 Å². The van der Waals surface area contributed by atoms with Crippen molar-refractivity contribution < 1.29 is 44.3 Å². The van der Waals surface area contributed by atoms with Crippen LogP contribution in [0.15, 0.2) is 0 Å². The van der Waals surface area contributed by atoms with Crippen molar-refractivity contribution in [2.45, 2.75) is 13.8 Å². The molecular weight excluding hydrogens is 157 g/mol. The molecule has 0 fully saturated rings. The third-order valence-corrected chi connectivity index (χ3v) is 0.931. The summed E-state index contributed by atoms with van der Waals surface area (Å²) in [6.45, 7) is 2.96. The van der Waals surface area contributed by atoms with Gasteiger partial charge in [0, 0.05) is 5.92 Å². The summed E-state index contributed by atoms with van der Waals surface area (Å²) in [5.41, 5.74) is 0. The van der Waals surface area contributed by atoms with Gasteiger partial charge in [-0.05, 0) is 0 Å². The van der Waals surface area contributed by atoms with Gasteiger partial charge >= 0.3 is 29.6 Å². The van der Waals surface area contributed by atoms with Crippen LogP contribution in [-0.4, -0.2) is 18.4 Å². The number of carbonyl (C=O) groups excluding carboxylic acids is 2. The monoisotopic (exact) mass is 167 g/mol. The fraction of sp³-hybridized carbons (Fsp3) is 0.667. The molecule has 0 bridgehead atoms. The van der Waals surface area contributed by atoms with Gasteiger partial charge in [0.1, 0.15) is 0 Å². The maximum Gasteiger partial charge on any atom is 1.00 e. The van der Waals surface area contributed by atoms with Crippen LogP contribution < -0.4 is 40.0 Å². The van der Waals surface area contributed by atoms with Gasteiger partial charge in [0.15, 0.2) is 0 Å². The molecular formula is C6H10NNaO3. The molecule has 1 amide bonds. The zero-order chi connectivity index (χ0) is 8.15. The minimum absolute atomic E-state index is 0. The topological polar surface area (TPSA) is 69.2 Å². The molecule has 1 N–H and O–H groups in total. The molecule has 0 saturated heterocycles. The van der Waals surface area contributed by atoms with Gasteiger partial charge < -0.3 is 15.2 Å². The molecule has 0 atom stereocenters. The Labute approximate surface area is 87.6 Å². The van der Waals surface area contributed by atoms with Crippen LogP contribution >= 0.6 is 0 Å². The van der Waals surface area contributed by atoms with E-state index in [0.29, 0.717) is 0 Å². The number of carboxylic acid groups (broad SMARTS) is 1. The smallest absolute Gasteiger partial charge is 0.548 e. The molecule has 0 aromatic carbocycles. The maximum atomic E-state index is 10.6. The Morgan fingerprint density at radius 2 is 1.91 bits per heavy atom. The molecule has 0 aromatic rings.